The van der Waals surface area contributed by atoms with Crippen LogP contribution in [0.5, 0.6) is 0 Å². The fourth-order valence-corrected chi connectivity index (χ4v) is 15.8. The molecule has 3 fully saturated rings. The Balaban J connectivity index is 0.000000159. The fourth-order valence-electron chi connectivity index (χ4n) is 11.8. The molecule has 0 spiro atoms. The summed E-state index contributed by atoms with van der Waals surface area (Å²) in [6.45, 7) is 19.9. The average Bonchev–Trinajstić information content (AvgIpc) is 1.32. The van der Waals surface area contributed by atoms with Crippen molar-refractivity contribution in [3.8, 4) is 0 Å². The monoisotopic (exact) mass is 1480 g/mol. The van der Waals surface area contributed by atoms with E-state index in [-0.39, 0.29) is 50.6 Å². The minimum atomic E-state index is -0.540. The maximum absolute atomic E-state index is 12.9. The van der Waals surface area contributed by atoms with Crippen molar-refractivity contribution in [3.63, 3.8) is 0 Å². The van der Waals surface area contributed by atoms with Crippen LogP contribution in [-0.2, 0) is 63.6 Å². The van der Waals surface area contributed by atoms with E-state index in [9.17, 15) is 18.7 Å². The third-order valence-electron chi connectivity index (χ3n) is 15.9. The van der Waals surface area contributed by atoms with Crippen LogP contribution in [0.2, 0.25) is 6.82 Å². The predicted octanol–water partition coefficient (Wildman–Crippen LogP) is 18.5. The highest BCUT2D eigenvalue weighted by Gasteiger charge is 2.38. The molecule has 7 aliphatic rings. The summed E-state index contributed by atoms with van der Waals surface area (Å²) >= 11 is 9.76. The van der Waals surface area contributed by atoms with Crippen molar-refractivity contribution in [2.24, 2.45) is 4.99 Å². The van der Waals surface area contributed by atoms with Crippen molar-refractivity contribution < 1.29 is 65.7 Å². The number of amides is 2. The highest BCUT2D eigenvalue weighted by Crippen LogP contribution is 2.42. The van der Waals surface area contributed by atoms with Gasteiger partial charge in [-0.05, 0) is 185 Å². The van der Waals surface area contributed by atoms with Crippen LogP contribution in [-0.4, -0.2) is 119 Å². The van der Waals surface area contributed by atoms with E-state index in [1.165, 1.54) is 62.0 Å². The van der Waals surface area contributed by atoms with Crippen molar-refractivity contribution in [1.29, 1.82) is 0 Å². The van der Waals surface area contributed by atoms with Gasteiger partial charge in [0.2, 0.25) is 0 Å². The number of carbonyl (C=O) groups excluding carboxylic acids is 3. The lowest BCUT2D eigenvalue weighted by Crippen LogP contribution is -2.43. The van der Waals surface area contributed by atoms with E-state index in [0.29, 0.717) is 71.2 Å². The second kappa shape index (κ2) is 37.9. The minimum Gasteiger partial charge on any atom is -0.444 e. The first-order valence-electron chi connectivity index (χ1n) is 32.2. The van der Waals surface area contributed by atoms with Gasteiger partial charge in [-0.2, -0.15) is 0 Å². The molecule has 0 saturated carbocycles. The highest BCUT2D eigenvalue weighted by atomic mass is 79.9. The van der Waals surface area contributed by atoms with Crippen molar-refractivity contribution >= 4 is 93.5 Å². The maximum Gasteiger partial charge on any atom is 0.411 e. The summed E-state index contributed by atoms with van der Waals surface area (Å²) in [6, 6.07) is 41.7. The van der Waals surface area contributed by atoms with Gasteiger partial charge in [-0.25, -0.2) is 9.59 Å². The van der Waals surface area contributed by atoms with Crippen molar-refractivity contribution in [1.82, 2.24) is 15.1 Å². The van der Waals surface area contributed by atoms with Crippen LogP contribution in [0.25, 0.3) is 0 Å². The number of nitrogens with one attached hydrogen (secondary N) is 1. The molecule has 98 heavy (non-hydrogen) atoms. The summed E-state index contributed by atoms with van der Waals surface area (Å²) in [4.78, 5) is 48.5. The molecule has 0 aliphatic carbocycles. The Hall–Kier alpha value is -6.39. The van der Waals surface area contributed by atoms with Crippen molar-refractivity contribution in [3.05, 3.63) is 228 Å². The number of fused-ring (bicyclic) bond motifs is 4. The molecule has 4 aromatic heterocycles. The first kappa shape index (κ1) is 77.4. The lowest BCUT2D eigenvalue weighted by Gasteiger charge is -2.38. The largest absolute Gasteiger partial charge is 0.444 e. The lowest BCUT2D eigenvalue weighted by molar-refractivity contribution is -0.0415. The number of aldehydes is 1. The fraction of sp³-hybridized carbons (Fsp3) is 0.405. The van der Waals surface area contributed by atoms with Crippen LogP contribution in [0.4, 0.5) is 23.1 Å². The van der Waals surface area contributed by atoms with Crippen LogP contribution in [0.1, 0.15) is 171 Å². The Kier molecular flexibility index (Phi) is 29.9. The minimum absolute atomic E-state index is 0. The third kappa shape index (κ3) is 21.3. The van der Waals surface area contributed by atoms with Gasteiger partial charge < -0.3 is 47.5 Å². The Labute approximate surface area is 598 Å². The molecule has 8 aromatic rings. The Morgan fingerprint density at radius 2 is 0.980 bits per heavy atom. The molecule has 0 bridgehead atoms. The smallest absolute Gasteiger partial charge is 0.411 e. The van der Waals surface area contributed by atoms with Gasteiger partial charge in [0.25, 0.3) is 0 Å². The summed E-state index contributed by atoms with van der Waals surface area (Å²) in [5.41, 5.74) is 12.6. The quantitative estimate of drug-likeness (QED) is 0.119. The van der Waals surface area contributed by atoms with Crippen LogP contribution in [0, 0.1) is 0 Å². The number of hydrogen-bond donors (Lipinski definition) is 1. The van der Waals surface area contributed by atoms with Crippen molar-refractivity contribution in [2.75, 3.05) is 65.8 Å². The van der Waals surface area contributed by atoms with Crippen LogP contribution < -0.4 is 5.32 Å². The number of rotatable bonds is 7. The van der Waals surface area contributed by atoms with Gasteiger partial charge in [-0.15, -0.1) is 45.3 Å². The number of hydrogen-bond acceptors (Lipinski definition) is 17. The normalized spacial score (nSPS) is 18.5. The number of ether oxygens (including phenoxy) is 8. The molecule has 11 heterocycles. The average molecular weight is 1480 g/mol. The van der Waals surface area contributed by atoms with Gasteiger partial charge in [-0.1, -0.05) is 111 Å². The molecule has 24 heteroatoms. The van der Waals surface area contributed by atoms with E-state index < -0.39 is 11.2 Å². The number of benzene rings is 4. The standard InChI is InChI=1S/C21H25NO4S.C19H21NO3S.C16H17NO2S.C9H9N.C7H7BrO2S.CH3BF.CH4.F2/c1-21(2,3)26-20(23)22-9-8-14-6-4-5-7-16(14)18(22)15-12-17(27-13-15)19-24-10-11-25-19;1-19(2,3)23-18(22)20-9-8-13-6-4-5-7-16(13)17(20)14-10-15(11-21)24-12-14;1-2-4-13-11(3-1)5-6-17-15(13)12-9-14(20-10-12)16-18-7-8-19-16;1-2-4-9-7-10-6-5-8(9)3-1;8-5-3-6(11-4-5)7-9-1-2-10-7;1-2-3;;1-2/h4-7,12-13,18-19H,8-11H2,1-3H3;4-7,10-12,17H,8-9H2,1-3H3;1-4,9-10,15-17H,5-8H2;1-4,7H,5-6H2;3-4,7H,1-2H2;1H3;1H4;. The molecule has 3 saturated heterocycles. The third-order valence-corrected chi connectivity index (χ3v) is 20.4. The summed E-state index contributed by atoms with van der Waals surface area (Å²) in [7, 11) is 0.500. The zero-order chi connectivity index (χ0) is 68.9. The van der Waals surface area contributed by atoms with Gasteiger partial charge in [0, 0.05) is 51.4 Å². The molecular formula is C74H86BBrF3N4O11S4. The maximum atomic E-state index is 12.9. The van der Waals surface area contributed by atoms with E-state index in [1.807, 2.05) is 93.7 Å². The molecule has 4 aromatic carbocycles. The summed E-state index contributed by atoms with van der Waals surface area (Å²) < 4.78 is 71.6. The number of aliphatic imine (C=N–C) groups is 1. The SMILES string of the molecule is Brc1csc(C2OCCO2)c1.C.C1=NCCc2ccccc21.CC(C)(C)OC(=O)N1CCc2ccccc2C1c1csc(C2OCCO2)c1.CC(C)(C)OC(=O)N1CCc2ccccc2C1c1csc(C=O)c1.C[B]F.FF.c1ccc2c(c1)CCNC2c1csc(C2OCCO2)c1. The Morgan fingerprint density at radius 1 is 0.571 bits per heavy atom. The van der Waals surface area contributed by atoms with Crippen LogP contribution in [0.15, 0.2) is 152 Å². The number of thiophene rings is 4. The molecular weight excluding hydrogens is 1400 g/mol. The zero-order valence-electron chi connectivity index (χ0n) is 55.4. The molecule has 2 amide bonds. The van der Waals surface area contributed by atoms with E-state index in [2.05, 4.69) is 128 Å². The number of carbonyl (C=O) groups is 3. The van der Waals surface area contributed by atoms with Gasteiger partial charge in [-0.3, -0.25) is 19.6 Å². The second-order valence-electron chi connectivity index (χ2n) is 24.9. The Bertz CT molecular complexity index is 3820. The second-order valence-corrected chi connectivity index (χ2v) is 29.6. The highest BCUT2D eigenvalue weighted by molar-refractivity contribution is 9.10. The van der Waals surface area contributed by atoms with Crippen molar-refractivity contribution in [2.45, 2.75) is 130 Å². The number of nitrogens with zero attached hydrogens (tertiary/aromatic N) is 3. The van der Waals surface area contributed by atoms with E-state index in [4.69, 9.17) is 47.0 Å². The molecule has 15 rings (SSSR count). The first-order valence-corrected chi connectivity index (χ1v) is 36.5. The van der Waals surface area contributed by atoms with Gasteiger partial charge in [0.15, 0.2) is 25.2 Å². The molecule has 7 aliphatic heterocycles. The van der Waals surface area contributed by atoms with Crippen LogP contribution in [0.3, 0.4) is 0 Å². The summed E-state index contributed by atoms with van der Waals surface area (Å²) in [6.07, 6.45) is 5.49. The summed E-state index contributed by atoms with van der Waals surface area (Å²) in [5, 5.41) is 11.9. The van der Waals surface area contributed by atoms with Gasteiger partial charge >= 0.3 is 19.7 Å². The molecule has 1 N–H and O–H groups in total. The molecule has 523 valence electrons. The van der Waals surface area contributed by atoms with Gasteiger partial charge in [0.1, 0.15) is 11.2 Å². The first-order chi connectivity index (χ1) is 47.0. The predicted molar refractivity (Wildman–Crippen MR) is 388 cm³/mol. The van der Waals surface area contributed by atoms with E-state index in [1.54, 1.807) is 38.9 Å². The van der Waals surface area contributed by atoms with E-state index in [0.717, 1.165) is 81.5 Å². The lowest BCUT2D eigenvalue weighted by atomic mass is 9.89. The molecule has 15 nitrogen and oxygen atoms in total. The molecule has 3 atom stereocenters. The molecule has 3 unspecified atom stereocenters. The number of halogens is 4. The molecule has 1 radical (unpaired) electrons. The van der Waals surface area contributed by atoms with Gasteiger partial charge in [0.05, 0.1) is 77.3 Å². The Morgan fingerprint density at radius 3 is 1.44 bits per heavy atom. The topological polar surface area (TPSA) is 156 Å². The van der Waals surface area contributed by atoms with E-state index >= 15 is 0 Å². The summed E-state index contributed by atoms with van der Waals surface area (Å²) in [5.74, 6) is 0. The van der Waals surface area contributed by atoms with Crippen LogP contribution >= 0.6 is 61.3 Å². The zero-order valence-corrected chi connectivity index (χ0v) is 60.3.